The monoisotopic (exact) mass is 481 g/mol. The van der Waals surface area contributed by atoms with Crippen LogP contribution in [-0.2, 0) is 12.5 Å². The fraction of sp³-hybridized carbons (Fsp3) is 0.250. The normalized spacial score (nSPS) is 11.3. The topological polar surface area (TPSA) is 114 Å². The zero-order chi connectivity index (χ0) is 23.8. The molecule has 0 unspecified atom stereocenters. The molecule has 0 aliphatic heterocycles. The van der Waals surface area contributed by atoms with E-state index < -0.39 is 28.5 Å². The molecule has 0 spiro atoms. The Balaban J connectivity index is 2.18. The van der Waals surface area contributed by atoms with Gasteiger partial charge in [0.2, 0.25) is 5.75 Å². The number of aromatic amines is 1. The number of aryl methyl sites for hydroxylation is 2. The van der Waals surface area contributed by atoms with Gasteiger partial charge >= 0.3 is 0 Å². The molecular weight excluding hydrogens is 467 g/mol. The fourth-order valence-electron chi connectivity index (χ4n) is 2.92. The minimum absolute atomic E-state index is 0.0443. The van der Waals surface area contributed by atoms with Gasteiger partial charge in [0.1, 0.15) is 22.7 Å². The second kappa shape index (κ2) is 8.68. The fourth-order valence-corrected chi connectivity index (χ4v) is 3.32. The summed E-state index contributed by atoms with van der Waals surface area (Å²) in [5.41, 5.74) is -1.98. The van der Waals surface area contributed by atoms with Crippen molar-refractivity contribution in [3.63, 3.8) is 0 Å². The Hall–Kier alpha value is -3.29. The van der Waals surface area contributed by atoms with E-state index in [2.05, 4.69) is 15.0 Å². The molecule has 32 heavy (non-hydrogen) atoms. The second-order valence-electron chi connectivity index (χ2n) is 6.94. The molecule has 0 saturated carbocycles. The van der Waals surface area contributed by atoms with Crippen molar-refractivity contribution in [1.29, 1.82) is 5.26 Å². The van der Waals surface area contributed by atoms with Gasteiger partial charge in [-0.1, -0.05) is 23.2 Å². The predicted molar refractivity (Wildman–Crippen MR) is 113 cm³/mol. The number of nitrogens with zero attached hydrogens (tertiary/aromatic N) is 4. The molecule has 0 saturated heterocycles. The maximum Gasteiger partial charge on any atom is 0.297 e. The lowest BCUT2D eigenvalue weighted by Gasteiger charge is -2.17. The lowest BCUT2D eigenvalue weighted by molar-refractivity contribution is 0.0101. The highest BCUT2D eigenvalue weighted by Crippen LogP contribution is 2.37. The van der Waals surface area contributed by atoms with Crippen LogP contribution < -0.4 is 15.9 Å². The van der Waals surface area contributed by atoms with Crippen LogP contribution in [0.25, 0.3) is 0 Å². The molecule has 2 aromatic heterocycles. The van der Waals surface area contributed by atoms with Crippen molar-refractivity contribution < 1.29 is 13.5 Å². The van der Waals surface area contributed by atoms with Gasteiger partial charge in [-0.05, 0) is 19.9 Å². The van der Waals surface area contributed by atoms with Crippen molar-refractivity contribution in [3.05, 3.63) is 77.6 Å². The molecule has 0 radical (unpaired) electrons. The molecule has 8 nitrogen and oxygen atoms in total. The van der Waals surface area contributed by atoms with E-state index in [1.165, 1.54) is 12.1 Å². The second-order valence-corrected chi connectivity index (χ2v) is 7.75. The van der Waals surface area contributed by atoms with Crippen LogP contribution in [0.4, 0.5) is 8.78 Å². The zero-order valence-electron chi connectivity index (χ0n) is 17.0. The van der Waals surface area contributed by atoms with E-state index in [4.69, 9.17) is 33.2 Å². The third-order valence-corrected chi connectivity index (χ3v) is 5.03. The summed E-state index contributed by atoms with van der Waals surface area (Å²) in [5.74, 6) is -4.25. The highest BCUT2D eigenvalue weighted by atomic mass is 35.5. The van der Waals surface area contributed by atoms with E-state index in [1.807, 2.05) is 0 Å². The molecule has 0 bridgehead atoms. The molecule has 0 aliphatic carbocycles. The lowest BCUT2D eigenvalue weighted by atomic mass is 10.2. The first-order valence-electron chi connectivity index (χ1n) is 9.03. The van der Waals surface area contributed by atoms with Gasteiger partial charge in [-0.3, -0.25) is 14.2 Å². The number of hydrogen-bond acceptors (Lipinski definition) is 6. The molecule has 2 heterocycles. The van der Waals surface area contributed by atoms with Gasteiger partial charge in [-0.2, -0.15) is 14.0 Å². The molecule has 0 atom stereocenters. The van der Waals surface area contributed by atoms with E-state index in [0.717, 1.165) is 10.9 Å². The summed E-state index contributed by atoms with van der Waals surface area (Å²) in [4.78, 5) is 35.7. The Kier molecular flexibility index (Phi) is 6.34. The molecule has 166 valence electrons. The molecule has 0 fully saturated rings. The number of nitriles is 1. The van der Waals surface area contributed by atoms with Crippen LogP contribution in [0.15, 0.2) is 28.0 Å². The summed E-state index contributed by atoms with van der Waals surface area (Å²) in [7, 11) is 0. The highest BCUT2D eigenvalue weighted by molar-refractivity contribution is 6.35. The Morgan fingerprint density at radius 3 is 2.56 bits per heavy atom. The van der Waals surface area contributed by atoms with Gasteiger partial charge in [0.25, 0.3) is 17.0 Å². The van der Waals surface area contributed by atoms with Crippen LogP contribution in [0.1, 0.15) is 35.3 Å². The quantitative estimate of drug-likeness (QED) is 0.587. The molecule has 0 aliphatic rings. The number of H-pyrrole nitrogens is 1. The average molecular weight is 482 g/mol. The Labute approximate surface area is 190 Å². The SMILES string of the molecule is Cc1nc(C)c(Cn2cnc(C(C)(F)F)c(Oc3cc(Cl)cc(C#N)c3Cl)c2=O)c(=O)[nH]1. The van der Waals surface area contributed by atoms with Crippen molar-refractivity contribution in [1.82, 2.24) is 19.5 Å². The smallest absolute Gasteiger partial charge is 0.297 e. The highest BCUT2D eigenvalue weighted by Gasteiger charge is 2.34. The first-order valence-corrected chi connectivity index (χ1v) is 9.79. The first kappa shape index (κ1) is 23.4. The summed E-state index contributed by atoms with van der Waals surface area (Å²) in [6, 6.07) is 4.23. The molecule has 12 heteroatoms. The number of hydrogen-bond donors (Lipinski definition) is 1. The van der Waals surface area contributed by atoms with Crippen molar-refractivity contribution in [2.45, 2.75) is 33.2 Å². The van der Waals surface area contributed by atoms with E-state index in [-0.39, 0.29) is 33.5 Å². The van der Waals surface area contributed by atoms with E-state index in [9.17, 15) is 18.4 Å². The number of rotatable bonds is 5. The number of aromatic nitrogens is 4. The number of alkyl halides is 2. The number of benzene rings is 1. The Morgan fingerprint density at radius 1 is 1.28 bits per heavy atom. The largest absolute Gasteiger partial charge is 0.448 e. The van der Waals surface area contributed by atoms with Gasteiger partial charge in [-0.25, -0.2) is 9.97 Å². The minimum Gasteiger partial charge on any atom is -0.448 e. The third-order valence-electron chi connectivity index (χ3n) is 4.42. The molecular formula is C20H15Cl2F2N5O3. The predicted octanol–water partition coefficient (Wildman–Crippen LogP) is 4.07. The molecule has 1 N–H and O–H groups in total. The van der Waals surface area contributed by atoms with E-state index >= 15 is 0 Å². The zero-order valence-corrected chi connectivity index (χ0v) is 18.5. The van der Waals surface area contributed by atoms with Gasteiger partial charge in [0.15, 0.2) is 5.69 Å². The molecule has 0 amide bonds. The molecule has 3 rings (SSSR count). The van der Waals surface area contributed by atoms with Gasteiger partial charge in [0, 0.05) is 23.7 Å². The minimum atomic E-state index is -3.55. The van der Waals surface area contributed by atoms with Gasteiger partial charge in [-0.15, -0.1) is 0 Å². The summed E-state index contributed by atoms with van der Waals surface area (Å²) in [6.45, 7) is 3.43. The number of halogens is 4. The van der Waals surface area contributed by atoms with Crippen molar-refractivity contribution >= 4 is 23.2 Å². The summed E-state index contributed by atoms with van der Waals surface area (Å²) < 4.78 is 34.7. The lowest BCUT2D eigenvalue weighted by Crippen LogP contribution is -2.29. The summed E-state index contributed by atoms with van der Waals surface area (Å²) in [6.07, 6.45) is 0.890. The number of nitrogens with one attached hydrogen (secondary N) is 1. The maximum absolute atomic E-state index is 14.2. The van der Waals surface area contributed by atoms with Crippen LogP contribution in [-0.4, -0.2) is 19.5 Å². The van der Waals surface area contributed by atoms with E-state index in [1.54, 1.807) is 19.9 Å². The van der Waals surface area contributed by atoms with Gasteiger partial charge < -0.3 is 9.72 Å². The molecule has 3 aromatic rings. The summed E-state index contributed by atoms with van der Waals surface area (Å²) >= 11 is 12.0. The Bertz CT molecular complexity index is 1370. The van der Waals surface area contributed by atoms with Crippen LogP contribution in [0, 0.1) is 25.2 Å². The maximum atomic E-state index is 14.2. The van der Waals surface area contributed by atoms with Crippen LogP contribution >= 0.6 is 23.2 Å². The average Bonchev–Trinajstić information content (AvgIpc) is 2.68. The third kappa shape index (κ3) is 4.64. The number of ether oxygens (including phenoxy) is 1. The molecule has 1 aromatic carbocycles. The Morgan fingerprint density at radius 2 is 1.97 bits per heavy atom. The van der Waals surface area contributed by atoms with Crippen LogP contribution in [0.5, 0.6) is 11.5 Å². The van der Waals surface area contributed by atoms with Crippen LogP contribution in [0.2, 0.25) is 10.0 Å². The standard InChI is InChI=1S/C20H15Cl2F2N5O3/c1-9-13(18(30)28-10(2)27-9)7-29-8-26-17(20(3,23)24)16(19(29)31)32-14-5-12(21)4-11(6-25)15(14)22/h4-5,8H,7H2,1-3H3,(H,27,28,30). The summed E-state index contributed by atoms with van der Waals surface area (Å²) in [5, 5.41) is 8.99. The van der Waals surface area contributed by atoms with Crippen LogP contribution in [0.3, 0.4) is 0 Å². The van der Waals surface area contributed by atoms with Crippen molar-refractivity contribution in [2.75, 3.05) is 0 Å². The van der Waals surface area contributed by atoms with Crippen molar-refractivity contribution in [2.24, 2.45) is 0 Å². The van der Waals surface area contributed by atoms with Gasteiger partial charge in [0.05, 0.1) is 24.0 Å². The van der Waals surface area contributed by atoms with E-state index in [0.29, 0.717) is 18.4 Å². The first-order chi connectivity index (χ1) is 14.9. The van der Waals surface area contributed by atoms with Crippen molar-refractivity contribution in [3.8, 4) is 17.6 Å².